The summed E-state index contributed by atoms with van der Waals surface area (Å²) in [5.41, 5.74) is 0.786. The van der Waals surface area contributed by atoms with Gasteiger partial charge in [-0.2, -0.15) is 10.1 Å². The van der Waals surface area contributed by atoms with Crippen LogP contribution in [0.4, 0.5) is 26.8 Å². The minimum Gasteiger partial charge on any atom is -0.431 e. The molecule has 1 saturated carbocycles. The first-order valence-electron chi connectivity index (χ1n) is 14.2. The van der Waals surface area contributed by atoms with Crippen LogP contribution in [0.1, 0.15) is 70.2 Å². The largest absolute Gasteiger partial charge is 0.508 e. The number of H-pyrrole nitrogens is 1. The Bertz CT molecular complexity index is 1100. The third-order valence-corrected chi connectivity index (χ3v) is 8.33. The molecular formula is C27H42FN7O4S. The van der Waals surface area contributed by atoms with Gasteiger partial charge in [0.15, 0.2) is 17.5 Å². The number of nitrogens with zero attached hydrogens (tertiary/aromatic N) is 4. The van der Waals surface area contributed by atoms with Crippen LogP contribution >= 0.6 is 11.9 Å². The molecule has 0 spiro atoms. The molecule has 0 bridgehead atoms. The molecule has 2 aromatic heterocycles. The third-order valence-electron chi connectivity index (χ3n) is 7.54. The van der Waals surface area contributed by atoms with E-state index in [9.17, 15) is 4.79 Å². The van der Waals surface area contributed by atoms with Crippen molar-refractivity contribution in [1.29, 1.82) is 0 Å². The van der Waals surface area contributed by atoms with E-state index in [1.54, 1.807) is 18.0 Å². The minimum absolute atomic E-state index is 0.0309. The standard InChI is InChI=1S/C27H42FN7O4S/c1-5-18-7-8-19(34-40-6-2)15-20(14-18)35(4)26-29-22(16-38-27(36)39-21-9-11-37-12-10-21)24(28)25(31-26)30-23-13-17(3)32-33-23/h13,18-21,34H,5-12,14-16H2,1-4H3,(H2,29,30,31,32,33). The molecule has 3 unspecified atom stereocenters. The van der Waals surface area contributed by atoms with Gasteiger partial charge in [0, 0.05) is 49.5 Å². The van der Waals surface area contributed by atoms with Crippen LogP contribution in [0.25, 0.3) is 0 Å². The highest BCUT2D eigenvalue weighted by Gasteiger charge is 2.30. The Morgan fingerprint density at radius 2 is 2.02 bits per heavy atom. The summed E-state index contributed by atoms with van der Waals surface area (Å²) in [4.78, 5) is 23.5. The fourth-order valence-electron chi connectivity index (χ4n) is 5.15. The number of halogens is 1. The number of aryl methyl sites for hydroxylation is 1. The van der Waals surface area contributed by atoms with Crippen LogP contribution in [0, 0.1) is 18.7 Å². The second kappa shape index (κ2) is 14.8. The molecule has 40 heavy (non-hydrogen) atoms. The molecule has 2 aliphatic rings. The van der Waals surface area contributed by atoms with Crippen molar-refractivity contribution in [2.24, 2.45) is 5.92 Å². The first-order valence-corrected chi connectivity index (χ1v) is 15.2. The van der Waals surface area contributed by atoms with E-state index in [2.05, 4.69) is 44.1 Å². The Hall–Kier alpha value is -2.64. The van der Waals surface area contributed by atoms with E-state index in [0.29, 0.717) is 49.8 Å². The second-order valence-electron chi connectivity index (χ2n) is 10.5. The lowest BCUT2D eigenvalue weighted by Gasteiger charge is -2.31. The smallest absolute Gasteiger partial charge is 0.431 e. The van der Waals surface area contributed by atoms with Gasteiger partial charge in [0.1, 0.15) is 18.4 Å². The predicted molar refractivity (Wildman–Crippen MR) is 153 cm³/mol. The van der Waals surface area contributed by atoms with Gasteiger partial charge in [-0.05, 0) is 38.5 Å². The lowest BCUT2D eigenvalue weighted by Crippen LogP contribution is -2.38. The monoisotopic (exact) mass is 579 g/mol. The molecule has 0 radical (unpaired) electrons. The number of carbonyl (C=O) groups is 1. The van der Waals surface area contributed by atoms with Crippen LogP contribution in [0.2, 0.25) is 0 Å². The Morgan fingerprint density at radius 3 is 2.73 bits per heavy atom. The molecule has 2 fully saturated rings. The van der Waals surface area contributed by atoms with Gasteiger partial charge in [0.25, 0.3) is 0 Å². The maximum absolute atomic E-state index is 15.6. The van der Waals surface area contributed by atoms with Crippen molar-refractivity contribution >= 4 is 35.7 Å². The molecule has 1 aliphatic heterocycles. The van der Waals surface area contributed by atoms with Crippen LogP contribution in [0.3, 0.4) is 0 Å². The van der Waals surface area contributed by atoms with Gasteiger partial charge in [0.2, 0.25) is 5.95 Å². The lowest BCUT2D eigenvalue weighted by atomic mass is 9.95. The molecule has 3 heterocycles. The molecule has 0 amide bonds. The fourth-order valence-corrected chi connectivity index (χ4v) is 5.77. The highest BCUT2D eigenvalue weighted by Crippen LogP contribution is 2.32. The lowest BCUT2D eigenvalue weighted by molar-refractivity contribution is -0.0303. The highest BCUT2D eigenvalue weighted by molar-refractivity contribution is 7.97. The van der Waals surface area contributed by atoms with Crippen molar-refractivity contribution in [2.45, 2.75) is 90.5 Å². The Balaban J connectivity index is 1.56. The number of nitrogens with one attached hydrogen (secondary N) is 3. The molecular weight excluding hydrogens is 537 g/mol. The first kappa shape index (κ1) is 30.3. The molecule has 1 saturated heterocycles. The summed E-state index contributed by atoms with van der Waals surface area (Å²) in [7, 11) is 1.95. The van der Waals surface area contributed by atoms with Crippen molar-refractivity contribution in [3.63, 3.8) is 0 Å². The minimum atomic E-state index is -0.853. The zero-order valence-electron chi connectivity index (χ0n) is 23.9. The average molecular weight is 580 g/mol. The van der Waals surface area contributed by atoms with Gasteiger partial charge >= 0.3 is 6.16 Å². The molecule has 3 N–H and O–H groups in total. The fraction of sp³-hybridized carbons (Fsp3) is 0.704. The maximum Gasteiger partial charge on any atom is 0.508 e. The van der Waals surface area contributed by atoms with E-state index in [0.717, 1.165) is 43.6 Å². The van der Waals surface area contributed by atoms with Gasteiger partial charge < -0.3 is 24.4 Å². The summed E-state index contributed by atoms with van der Waals surface area (Å²) in [6.45, 7) is 6.90. The van der Waals surface area contributed by atoms with Crippen LogP contribution in [-0.2, 0) is 20.8 Å². The third kappa shape index (κ3) is 8.43. The number of aromatic nitrogens is 4. The number of hydrogen-bond donors (Lipinski definition) is 3. The van der Waals surface area contributed by atoms with Crippen LogP contribution in [-0.4, -0.2) is 70.5 Å². The molecule has 13 heteroatoms. The predicted octanol–water partition coefficient (Wildman–Crippen LogP) is 5.25. The summed E-state index contributed by atoms with van der Waals surface area (Å²) >= 11 is 1.74. The molecule has 0 aromatic carbocycles. The highest BCUT2D eigenvalue weighted by atomic mass is 32.2. The van der Waals surface area contributed by atoms with Crippen molar-refractivity contribution in [2.75, 3.05) is 36.2 Å². The normalized spacial score (nSPS) is 22.0. The number of aromatic amines is 1. The number of carbonyl (C=O) groups excluding carboxylic acids is 1. The van der Waals surface area contributed by atoms with Crippen LogP contribution < -0.4 is 14.9 Å². The van der Waals surface area contributed by atoms with Crippen LogP contribution in [0.5, 0.6) is 0 Å². The topological polar surface area (TPSA) is 127 Å². The SMILES string of the molecule is CCSNC1CCC(CC)CC(N(C)c2nc(COC(=O)OC3CCOCC3)c(F)c(Nc3cc(C)[nH]n3)n2)C1. The Morgan fingerprint density at radius 1 is 1.23 bits per heavy atom. The van der Waals surface area contributed by atoms with E-state index in [1.807, 2.05) is 18.9 Å². The van der Waals surface area contributed by atoms with E-state index >= 15 is 4.39 Å². The summed E-state index contributed by atoms with van der Waals surface area (Å²) < 4.78 is 35.2. The number of ether oxygens (including phenoxy) is 3. The molecule has 11 nitrogen and oxygen atoms in total. The summed E-state index contributed by atoms with van der Waals surface area (Å²) in [5, 5.41) is 9.95. The van der Waals surface area contributed by atoms with E-state index < -0.39 is 12.0 Å². The van der Waals surface area contributed by atoms with E-state index in [1.165, 1.54) is 0 Å². The molecule has 3 atom stereocenters. The van der Waals surface area contributed by atoms with Gasteiger partial charge in [-0.15, -0.1) is 0 Å². The van der Waals surface area contributed by atoms with Crippen molar-refractivity contribution in [3.05, 3.63) is 23.3 Å². The van der Waals surface area contributed by atoms with Crippen molar-refractivity contribution in [3.8, 4) is 0 Å². The van der Waals surface area contributed by atoms with Crippen molar-refractivity contribution in [1.82, 2.24) is 24.9 Å². The quantitative estimate of drug-likeness (QED) is 0.183. The Labute approximate surface area is 239 Å². The second-order valence-corrected chi connectivity index (χ2v) is 11.6. The zero-order valence-corrected chi connectivity index (χ0v) is 24.7. The molecule has 1 aliphatic carbocycles. The van der Waals surface area contributed by atoms with Crippen LogP contribution in [0.15, 0.2) is 6.07 Å². The summed E-state index contributed by atoms with van der Waals surface area (Å²) in [5.74, 6) is 1.63. The first-order chi connectivity index (χ1) is 19.4. The summed E-state index contributed by atoms with van der Waals surface area (Å²) in [6, 6.07) is 2.27. The van der Waals surface area contributed by atoms with Gasteiger partial charge in [-0.1, -0.05) is 32.2 Å². The van der Waals surface area contributed by atoms with Gasteiger partial charge in [-0.25, -0.2) is 14.2 Å². The van der Waals surface area contributed by atoms with E-state index in [4.69, 9.17) is 14.2 Å². The molecule has 2 aromatic rings. The number of rotatable bonds is 11. The van der Waals surface area contributed by atoms with E-state index in [-0.39, 0.29) is 30.3 Å². The summed E-state index contributed by atoms with van der Waals surface area (Å²) in [6.07, 6.45) is 5.38. The number of anilines is 3. The molecule has 222 valence electrons. The number of hydrogen-bond acceptors (Lipinski definition) is 11. The Kier molecular flexibility index (Phi) is 11.2. The maximum atomic E-state index is 15.6. The zero-order chi connectivity index (χ0) is 28.5. The molecule has 4 rings (SSSR count). The van der Waals surface area contributed by atoms with Gasteiger partial charge in [0.05, 0.1) is 13.2 Å². The van der Waals surface area contributed by atoms with Gasteiger partial charge in [-0.3, -0.25) is 9.82 Å². The van der Waals surface area contributed by atoms with Crippen molar-refractivity contribution < 1.29 is 23.4 Å². The average Bonchev–Trinajstić information content (AvgIpc) is 3.25.